The lowest BCUT2D eigenvalue weighted by Gasteiger charge is -2.16. The van der Waals surface area contributed by atoms with Crippen LogP contribution in [0.1, 0.15) is 31.8 Å². The van der Waals surface area contributed by atoms with Crippen LogP contribution < -0.4 is 9.05 Å². The minimum absolute atomic E-state index is 0.0239. The van der Waals surface area contributed by atoms with Gasteiger partial charge in [0.05, 0.1) is 0 Å². The van der Waals surface area contributed by atoms with Gasteiger partial charge in [-0.3, -0.25) is 14.5 Å². The summed E-state index contributed by atoms with van der Waals surface area (Å²) in [6.07, 6.45) is 4.85. The smallest absolute Gasteiger partial charge is 0.508 e. The van der Waals surface area contributed by atoms with Crippen molar-refractivity contribution in [2.24, 2.45) is 0 Å². The molecule has 0 saturated carbocycles. The van der Waals surface area contributed by atoms with Crippen LogP contribution in [0, 0.1) is 0 Å². The van der Waals surface area contributed by atoms with Gasteiger partial charge in [0.1, 0.15) is 57.1 Å². The summed E-state index contributed by atoms with van der Waals surface area (Å²) in [4.78, 5) is 35.2. The van der Waals surface area contributed by atoms with E-state index in [2.05, 4.69) is 0 Å². The van der Waals surface area contributed by atoms with E-state index in [1.807, 2.05) is 0 Å². The van der Waals surface area contributed by atoms with Gasteiger partial charge in [0.2, 0.25) is 0 Å². The molecule has 0 amide bonds. The number of hydrogen-bond donors (Lipinski definition) is 7. The fraction of sp³-hybridized carbons (Fsp3) is 0. The molecular formula is C30H23O12P. The van der Waals surface area contributed by atoms with Gasteiger partial charge in [0.15, 0.2) is 11.6 Å². The quantitative estimate of drug-likeness (QED) is 0.0699. The van der Waals surface area contributed by atoms with E-state index in [-0.39, 0.29) is 11.5 Å². The van der Waals surface area contributed by atoms with E-state index < -0.39 is 65.0 Å². The summed E-state index contributed by atoms with van der Waals surface area (Å²) in [6, 6.07) is 14.8. The van der Waals surface area contributed by atoms with Crippen molar-refractivity contribution in [3.8, 4) is 46.0 Å². The molecule has 43 heavy (non-hydrogen) atoms. The first-order valence-corrected chi connectivity index (χ1v) is 13.7. The Morgan fingerprint density at radius 3 is 1.16 bits per heavy atom. The molecule has 12 nitrogen and oxygen atoms in total. The van der Waals surface area contributed by atoms with Crippen LogP contribution in [-0.4, -0.2) is 47.1 Å². The maximum absolute atomic E-state index is 12.6. The molecule has 0 atom stereocenters. The second kappa shape index (κ2) is 12.4. The van der Waals surface area contributed by atoms with E-state index >= 15 is 0 Å². The molecule has 0 aliphatic heterocycles. The molecule has 4 aromatic carbocycles. The molecule has 0 bridgehead atoms. The lowest BCUT2D eigenvalue weighted by molar-refractivity contribution is 0.103. The average molecular weight is 606 g/mol. The summed E-state index contributed by atoms with van der Waals surface area (Å²) >= 11 is 0. The second-order valence-electron chi connectivity index (χ2n) is 8.90. The topological polar surface area (TPSA) is 211 Å². The number of phenolic OH excluding ortho intramolecular Hbond substituents is 6. The highest BCUT2D eigenvalue weighted by Gasteiger charge is 2.28. The standard InChI is InChI=1S/C30H23O12P/c31-19-7-1-17(2-8-19)5-11-23(33)29-25(35)13-21(14-26(29)36)41-43(39,40)42-22-15-27(37)30(28(38)16-22)24(34)12-6-18-3-9-20(32)10-4-18/h1-16,31-32,35-38H,(H,39,40)/b11-5+,12-6+. The fourth-order valence-corrected chi connectivity index (χ4v) is 4.53. The number of rotatable bonds is 10. The number of phosphoric acid groups is 1. The maximum atomic E-state index is 12.6. The molecule has 0 radical (unpaired) electrons. The molecule has 4 aromatic rings. The molecule has 7 N–H and O–H groups in total. The highest BCUT2D eigenvalue weighted by molar-refractivity contribution is 7.48. The summed E-state index contributed by atoms with van der Waals surface area (Å²) in [5.41, 5.74) is 0.0446. The maximum Gasteiger partial charge on any atom is 0.584 e. The zero-order chi connectivity index (χ0) is 31.3. The number of carbonyl (C=O) groups excluding carboxylic acids is 2. The van der Waals surface area contributed by atoms with E-state index in [9.17, 15) is 49.7 Å². The Balaban J connectivity index is 1.46. The second-order valence-corrected chi connectivity index (χ2v) is 10.2. The zero-order valence-corrected chi connectivity index (χ0v) is 22.8. The van der Waals surface area contributed by atoms with Crippen molar-refractivity contribution < 1.29 is 58.7 Å². The largest absolute Gasteiger partial charge is 0.584 e. The van der Waals surface area contributed by atoms with Crippen LogP contribution in [0.15, 0.2) is 84.9 Å². The SMILES string of the molecule is O=C(/C=C/c1ccc(O)cc1)c1c(O)cc(OP(=O)(O)Oc2cc(O)c(C(=O)/C=C/c3ccc(O)cc3)c(O)c2)cc1O. The third kappa shape index (κ3) is 7.73. The lowest BCUT2D eigenvalue weighted by Crippen LogP contribution is -2.02. The van der Waals surface area contributed by atoms with Gasteiger partial charge >= 0.3 is 7.82 Å². The van der Waals surface area contributed by atoms with Crippen LogP contribution in [0.3, 0.4) is 0 Å². The number of hydrogen-bond acceptors (Lipinski definition) is 11. The molecular weight excluding hydrogens is 583 g/mol. The summed E-state index contributed by atoms with van der Waals surface area (Å²) in [5.74, 6) is -5.84. The molecule has 0 unspecified atom stereocenters. The number of aromatic hydroxyl groups is 6. The summed E-state index contributed by atoms with van der Waals surface area (Å²) in [5, 5.41) is 59.8. The van der Waals surface area contributed by atoms with Gasteiger partial charge in [-0.25, -0.2) is 4.57 Å². The van der Waals surface area contributed by atoms with E-state index in [0.29, 0.717) is 11.1 Å². The van der Waals surface area contributed by atoms with Crippen molar-refractivity contribution in [1.29, 1.82) is 0 Å². The van der Waals surface area contributed by atoms with E-state index in [1.54, 1.807) is 0 Å². The molecule has 4 rings (SSSR count). The predicted octanol–water partition coefficient (Wildman–Crippen LogP) is 5.27. The number of phenols is 6. The van der Waals surface area contributed by atoms with Crippen LogP contribution in [0.2, 0.25) is 0 Å². The minimum Gasteiger partial charge on any atom is -0.508 e. The van der Waals surface area contributed by atoms with Gasteiger partial charge in [-0.1, -0.05) is 36.4 Å². The Morgan fingerprint density at radius 1 is 0.558 bits per heavy atom. The molecule has 0 spiro atoms. The average Bonchev–Trinajstić information content (AvgIpc) is 2.91. The Kier molecular flexibility index (Phi) is 8.75. The molecule has 0 heterocycles. The predicted molar refractivity (Wildman–Crippen MR) is 154 cm³/mol. The highest BCUT2D eigenvalue weighted by atomic mass is 31.2. The van der Waals surface area contributed by atoms with E-state index in [0.717, 1.165) is 36.4 Å². The Bertz CT molecular complexity index is 1620. The summed E-state index contributed by atoms with van der Waals surface area (Å²) < 4.78 is 22.3. The van der Waals surface area contributed by atoms with Crippen molar-refractivity contribution in [3.63, 3.8) is 0 Å². The van der Waals surface area contributed by atoms with Crippen molar-refractivity contribution in [2.75, 3.05) is 0 Å². The molecule has 0 fully saturated rings. The van der Waals surface area contributed by atoms with Crippen molar-refractivity contribution in [1.82, 2.24) is 0 Å². The van der Waals surface area contributed by atoms with E-state index in [4.69, 9.17) is 9.05 Å². The van der Waals surface area contributed by atoms with Gasteiger partial charge < -0.3 is 39.7 Å². The normalized spacial score (nSPS) is 11.6. The van der Waals surface area contributed by atoms with Gasteiger partial charge in [-0.15, -0.1) is 0 Å². The molecule has 0 aliphatic rings. The zero-order valence-electron chi connectivity index (χ0n) is 21.9. The van der Waals surface area contributed by atoms with Crippen LogP contribution in [-0.2, 0) is 4.57 Å². The van der Waals surface area contributed by atoms with Gasteiger partial charge in [0, 0.05) is 24.3 Å². The van der Waals surface area contributed by atoms with Crippen LogP contribution in [0.4, 0.5) is 0 Å². The molecule has 0 saturated heterocycles. The summed E-state index contributed by atoms with van der Waals surface area (Å²) in [6.45, 7) is 0. The first-order valence-electron chi connectivity index (χ1n) is 12.2. The number of phosphoric ester groups is 1. The van der Waals surface area contributed by atoms with E-state index in [1.165, 1.54) is 60.7 Å². The third-order valence-corrected chi connectivity index (χ3v) is 6.60. The third-order valence-electron chi connectivity index (χ3n) is 5.72. The molecule has 13 heteroatoms. The number of carbonyl (C=O) groups is 2. The lowest BCUT2D eigenvalue weighted by atomic mass is 10.1. The number of allylic oxidation sites excluding steroid dienone is 2. The van der Waals surface area contributed by atoms with Crippen LogP contribution in [0.5, 0.6) is 46.0 Å². The van der Waals surface area contributed by atoms with Gasteiger partial charge in [0.25, 0.3) is 0 Å². The highest BCUT2D eigenvalue weighted by Crippen LogP contribution is 2.48. The Morgan fingerprint density at radius 2 is 0.860 bits per heavy atom. The Hall–Kier alpha value is -5.71. The number of benzene rings is 4. The summed E-state index contributed by atoms with van der Waals surface area (Å²) in [7, 11) is -5.09. The fourth-order valence-electron chi connectivity index (χ4n) is 3.75. The van der Waals surface area contributed by atoms with Crippen molar-refractivity contribution >= 4 is 31.5 Å². The molecule has 0 aromatic heterocycles. The number of ketones is 2. The van der Waals surface area contributed by atoms with Crippen LogP contribution in [0.25, 0.3) is 12.2 Å². The minimum atomic E-state index is -5.09. The van der Waals surface area contributed by atoms with Crippen molar-refractivity contribution in [3.05, 3.63) is 107 Å². The van der Waals surface area contributed by atoms with Crippen molar-refractivity contribution in [2.45, 2.75) is 0 Å². The van der Waals surface area contributed by atoms with Crippen LogP contribution >= 0.6 is 7.82 Å². The van der Waals surface area contributed by atoms with Gasteiger partial charge in [-0.05, 0) is 47.5 Å². The molecule has 0 aliphatic carbocycles. The Labute approximate surface area is 243 Å². The first-order chi connectivity index (χ1) is 20.3. The monoisotopic (exact) mass is 606 g/mol. The molecule has 220 valence electrons. The first kappa shape index (κ1) is 30.3. The van der Waals surface area contributed by atoms with Gasteiger partial charge in [-0.2, -0.15) is 0 Å².